The second kappa shape index (κ2) is 7.57. The number of carbonyl (C=O) groups excluding carboxylic acids is 1. The Hall–Kier alpha value is 0.300. The van der Waals surface area contributed by atoms with Gasteiger partial charge in [0, 0.05) is 23.0 Å². The van der Waals surface area contributed by atoms with E-state index in [0.29, 0.717) is 6.42 Å². The smallest absolute Gasteiger partial charge is 0.221 e. The molecule has 1 N–H and O–H groups in total. The molecule has 0 spiro atoms. The molecule has 0 saturated carbocycles. The second-order valence-electron chi connectivity index (χ2n) is 3.64. The van der Waals surface area contributed by atoms with Crippen LogP contribution in [0.2, 0.25) is 0 Å². The van der Waals surface area contributed by atoms with Crippen LogP contribution < -0.4 is 5.32 Å². The summed E-state index contributed by atoms with van der Waals surface area (Å²) < 4.78 is 0. The molecule has 0 aliphatic rings. The Balaban J connectivity index is 3.96. The van der Waals surface area contributed by atoms with E-state index in [9.17, 15) is 4.79 Å². The van der Waals surface area contributed by atoms with Crippen LogP contribution in [0.5, 0.6) is 0 Å². The lowest BCUT2D eigenvalue weighted by Gasteiger charge is -2.29. The molecule has 0 rings (SSSR count). The monoisotopic (exact) mass is 281 g/mol. The zero-order chi connectivity index (χ0) is 11.0. The van der Waals surface area contributed by atoms with Gasteiger partial charge in [-0.25, -0.2) is 0 Å². The van der Waals surface area contributed by atoms with Crippen LogP contribution in [0.15, 0.2) is 0 Å². The summed E-state index contributed by atoms with van der Waals surface area (Å²) in [5.41, 5.74) is -0.0427. The SMILES string of the molecule is CCC(C)(CCBr)NC(=O)CCSC. The van der Waals surface area contributed by atoms with E-state index in [1.807, 2.05) is 6.26 Å². The van der Waals surface area contributed by atoms with Crippen LogP contribution in [0.3, 0.4) is 0 Å². The molecule has 14 heavy (non-hydrogen) atoms. The minimum Gasteiger partial charge on any atom is -0.351 e. The lowest BCUT2D eigenvalue weighted by Crippen LogP contribution is -2.45. The lowest BCUT2D eigenvalue weighted by atomic mass is 9.95. The van der Waals surface area contributed by atoms with Gasteiger partial charge in [0.1, 0.15) is 0 Å². The molecule has 0 aliphatic heterocycles. The van der Waals surface area contributed by atoms with Gasteiger partial charge in [0.15, 0.2) is 0 Å². The van der Waals surface area contributed by atoms with E-state index >= 15 is 0 Å². The third kappa shape index (κ3) is 5.91. The maximum Gasteiger partial charge on any atom is 0.221 e. The highest BCUT2D eigenvalue weighted by Gasteiger charge is 2.22. The number of rotatable bonds is 7. The van der Waals surface area contributed by atoms with E-state index in [0.717, 1.165) is 23.9 Å². The summed E-state index contributed by atoms with van der Waals surface area (Å²) in [6, 6.07) is 0. The highest BCUT2D eigenvalue weighted by Crippen LogP contribution is 2.16. The summed E-state index contributed by atoms with van der Waals surface area (Å²) in [5.74, 6) is 1.07. The predicted molar refractivity (Wildman–Crippen MR) is 68.2 cm³/mol. The molecule has 0 saturated heterocycles. The minimum atomic E-state index is -0.0427. The van der Waals surface area contributed by atoms with E-state index in [-0.39, 0.29) is 11.4 Å². The second-order valence-corrected chi connectivity index (χ2v) is 5.42. The van der Waals surface area contributed by atoms with Gasteiger partial charge < -0.3 is 5.32 Å². The number of halogens is 1. The van der Waals surface area contributed by atoms with Gasteiger partial charge in [-0.15, -0.1) is 0 Å². The van der Waals surface area contributed by atoms with Gasteiger partial charge >= 0.3 is 0 Å². The molecule has 0 aromatic carbocycles. The quantitative estimate of drug-likeness (QED) is 0.727. The molecule has 84 valence electrons. The molecule has 0 heterocycles. The largest absolute Gasteiger partial charge is 0.351 e. The molecule has 0 radical (unpaired) electrons. The average molecular weight is 282 g/mol. The molecule has 2 nitrogen and oxygen atoms in total. The first-order chi connectivity index (χ1) is 6.58. The number of carbonyl (C=O) groups is 1. The van der Waals surface area contributed by atoms with Crippen molar-refractivity contribution in [3.05, 3.63) is 0 Å². The van der Waals surface area contributed by atoms with Crippen LogP contribution in [0, 0.1) is 0 Å². The van der Waals surface area contributed by atoms with E-state index in [1.54, 1.807) is 11.8 Å². The van der Waals surface area contributed by atoms with Crippen LogP contribution in [0.25, 0.3) is 0 Å². The van der Waals surface area contributed by atoms with Crippen LogP contribution in [0.1, 0.15) is 33.1 Å². The first kappa shape index (κ1) is 14.3. The fourth-order valence-electron chi connectivity index (χ4n) is 1.13. The highest BCUT2D eigenvalue weighted by atomic mass is 79.9. The Morgan fingerprint density at radius 2 is 2.21 bits per heavy atom. The van der Waals surface area contributed by atoms with Gasteiger partial charge in [0.05, 0.1) is 0 Å². The van der Waals surface area contributed by atoms with Crippen LogP contribution in [0.4, 0.5) is 0 Å². The maximum atomic E-state index is 11.5. The number of thioether (sulfide) groups is 1. The van der Waals surface area contributed by atoms with Crippen molar-refractivity contribution in [3.63, 3.8) is 0 Å². The van der Waals surface area contributed by atoms with Crippen molar-refractivity contribution in [3.8, 4) is 0 Å². The standard InChI is InChI=1S/C10H20BrNOS/c1-4-10(2,6-7-11)12-9(13)5-8-14-3/h4-8H2,1-3H3,(H,12,13). The van der Waals surface area contributed by atoms with Crippen LogP contribution >= 0.6 is 27.7 Å². The molecule has 0 aromatic heterocycles. The number of amides is 1. The van der Waals surface area contributed by atoms with Gasteiger partial charge in [-0.2, -0.15) is 11.8 Å². The van der Waals surface area contributed by atoms with Crippen molar-refractivity contribution in [2.45, 2.75) is 38.6 Å². The van der Waals surface area contributed by atoms with Crippen LogP contribution in [-0.4, -0.2) is 28.8 Å². The molecule has 1 atom stereocenters. The lowest BCUT2D eigenvalue weighted by molar-refractivity contribution is -0.122. The summed E-state index contributed by atoms with van der Waals surface area (Å²) in [7, 11) is 0. The Morgan fingerprint density at radius 1 is 1.57 bits per heavy atom. The first-order valence-electron chi connectivity index (χ1n) is 4.94. The highest BCUT2D eigenvalue weighted by molar-refractivity contribution is 9.09. The molecular weight excluding hydrogens is 262 g/mol. The minimum absolute atomic E-state index is 0.0427. The predicted octanol–water partition coefficient (Wildman–Crippen LogP) is 2.81. The van der Waals surface area contributed by atoms with Crippen molar-refractivity contribution in [2.75, 3.05) is 17.3 Å². The summed E-state index contributed by atoms with van der Waals surface area (Å²) in [5, 5.41) is 4.03. The summed E-state index contributed by atoms with van der Waals surface area (Å²) in [4.78, 5) is 11.5. The Morgan fingerprint density at radius 3 is 2.64 bits per heavy atom. The topological polar surface area (TPSA) is 29.1 Å². The molecular formula is C10H20BrNOS. The first-order valence-corrected chi connectivity index (χ1v) is 7.45. The summed E-state index contributed by atoms with van der Waals surface area (Å²) >= 11 is 5.12. The number of hydrogen-bond acceptors (Lipinski definition) is 2. The Bertz CT molecular complexity index is 178. The maximum absolute atomic E-state index is 11.5. The van der Waals surface area contributed by atoms with E-state index < -0.39 is 0 Å². The van der Waals surface area contributed by atoms with Crippen molar-refractivity contribution in [2.24, 2.45) is 0 Å². The van der Waals surface area contributed by atoms with Gasteiger partial charge in [-0.3, -0.25) is 4.79 Å². The summed E-state index contributed by atoms with van der Waals surface area (Å²) in [6.07, 6.45) is 4.60. The third-order valence-corrected chi connectivity index (χ3v) is 3.41. The fourth-order valence-corrected chi connectivity index (χ4v) is 2.39. The molecule has 1 unspecified atom stereocenters. The normalized spacial score (nSPS) is 14.9. The molecule has 0 aliphatic carbocycles. The van der Waals surface area contributed by atoms with Gasteiger partial charge in [-0.1, -0.05) is 22.9 Å². The number of hydrogen-bond donors (Lipinski definition) is 1. The van der Waals surface area contributed by atoms with Crippen molar-refractivity contribution in [1.82, 2.24) is 5.32 Å². The van der Waals surface area contributed by atoms with Crippen molar-refractivity contribution < 1.29 is 4.79 Å². The molecule has 0 fully saturated rings. The Kier molecular flexibility index (Phi) is 7.74. The summed E-state index contributed by atoms with van der Waals surface area (Å²) in [6.45, 7) is 4.21. The van der Waals surface area contributed by atoms with Crippen molar-refractivity contribution in [1.29, 1.82) is 0 Å². The van der Waals surface area contributed by atoms with E-state index in [2.05, 4.69) is 35.1 Å². The molecule has 0 bridgehead atoms. The molecule has 4 heteroatoms. The zero-order valence-electron chi connectivity index (χ0n) is 9.23. The van der Waals surface area contributed by atoms with Gasteiger partial charge in [0.25, 0.3) is 0 Å². The number of nitrogens with one attached hydrogen (secondary N) is 1. The van der Waals surface area contributed by atoms with Crippen LogP contribution in [-0.2, 0) is 4.79 Å². The van der Waals surface area contributed by atoms with E-state index in [4.69, 9.17) is 0 Å². The third-order valence-electron chi connectivity index (χ3n) is 2.40. The van der Waals surface area contributed by atoms with E-state index in [1.165, 1.54) is 0 Å². The number of alkyl halides is 1. The molecule has 1 amide bonds. The molecule has 0 aromatic rings. The fraction of sp³-hybridized carbons (Fsp3) is 0.900. The van der Waals surface area contributed by atoms with Gasteiger partial charge in [0.2, 0.25) is 5.91 Å². The van der Waals surface area contributed by atoms with Crippen molar-refractivity contribution >= 4 is 33.6 Å². The zero-order valence-corrected chi connectivity index (χ0v) is 11.6. The van der Waals surface area contributed by atoms with Gasteiger partial charge in [-0.05, 0) is 26.0 Å². The average Bonchev–Trinajstić information content (AvgIpc) is 2.15. The Labute approximate surface area is 99.7 Å².